The number of carboxylic acid groups (broad SMARTS) is 1. The minimum absolute atomic E-state index is 0.101. The molecule has 0 unspecified atom stereocenters. The molecule has 2 aliphatic heterocycles. The van der Waals surface area contributed by atoms with Crippen molar-refractivity contribution in [3.05, 3.63) is 29.8 Å². The van der Waals surface area contributed by atoms with Crippen molar-refractivity contribution in [3.8, 4) is 0 Å². The molecule has 2 fully saturated rings. The van der Waals surface area contributed by atoms with Crippen LogP contribution in [0.3, 0.4) is 0 Å². The van der Waals surface area contributed by atoms with Gasteiger partial charge >= 0.3 is 5.97 Å². The molecular weight excluding hydrogens is 360 g/mol. The molecule has 0 spiro atoms. The van der Waals surface area contributed by atoms with E-state index in [2.05, 4.69) is 4.72 Å². The first-order valence-corrected chi connectivity index (χ1v) is 10.1. The maximum atomic E-state index is 13.0. The Hall–Kier alpha value is -2.13. The summed E-state index contributed by atoms with van der Waals surface area (Å²) in [6, 6.07) is 6.36. The molecule has 0 saturated carbocycles. The van der Waals surface area contributed by atoms with E-state index in [0.29, 0.717) is 19.6 Å². The molecule has 9 heteroatoms. The zero-order chi connectivity index (χ0) is 18.9. The number of aliphatic carboxylic acids is 1. The van der Waals surface area contributed by atoms with E-state index < -0.39 is 21.4 Å². The first kappa shape index (κ1) is 18.7. The van der Waals surface area contributed by atoms with Crippen LogP contribution >= 0.6 is 0 Å². The number of carboxylic acids is 1. The van der Waals surface area contributed by atoms with E-state index >= 15 is 0 Å². The number of benzene rings is 1. The van der Waals surface area contributed by atoms with Crippen LogP contribution in [-0.4, -0.2) is 62.4 Å². The van der Waals surface area contributed by atoms with E-state index in [4.69, 9.17) is 4.74 Å². The Bertz CT molecular complexity index is 824. The summed E-state index contributed by atoms with van der Waals surface area (Å²) in [6.45, 7) is 2.55. The van der Waals surface area contributed by atoms with Gasteiger partial charge < -0.3 is 14.7 Å². The first-order chi connectivity index (χ1) is 12.3. The highest BCUT2D eigenvalue weighted by molar-refractivity contribution is 7.92. The monoisotopic (exact) mass is 382 g/mol. The van der Waals surface area contributed by atoms with Gasteiger partial charge in [0.15, 0.2) is 0 Å². The predicted octanol–water partition coefficient (Wildman–Crippen LogP) is 1.01. The molecule has 1 amide bonds. The number of likely N-dealkylation sites (tertiary alicyclic amines) is 1. The maximum absolute atomic E-state index is 13.0. The van der Waals surface area contributed by atoms with Crippen molar-refractivity contribution in [2.24, 2.45) is 11.3 Å². The third-order valence-corrected chi connectivity index (χ3v) is 6.51. The number of hydrogen-bond acceptors (Lipinski definition) is 5. The van der Waals surface area contributed by atoms with E-state index in [1.165, 1.54) is 17.9 Å². The minimum atomic E-state index is -3.53. The number of rotatable bonds is 5. The minimum Gasteiger partial charge on any atom is -0.481 e. The first-order valence-electron chi connectivity index (χ1n) is 8.49. The van der Waals surface area contributed by atoms with Gasteiger partial charge in [0.1, 0.15) is 0 Å². The zero-order valence-corrected chi connectivity index (χ0v) is 15.3. The largest absolute Gasteiger partial charge is 0.481 e. The number of para-hydroxylation sites is 1. The second-order valence-corrected chi connectivity index (χ2v) is 8.73. The highest BCUT2D eigenvalue weighted by Crippen LogP contribution is 2.43. The third-order valence-electron chi connectivity index (χ3n) is 5.22. The molecule has 1 aromatic carbocycles. The molecule has 2 N–H and O–H groups in total. The lowest BCUT2D eigenvalue weighted by Gasteiger charge is -2.33. The van der Waals surface area contributed by atoms with Gasteiger partial charge in [0, 0.05) is 25.6 Å². The number of carbonyl (C=O) groups excluding carboxylic acids is 1. The molecule has 0 radical (unpaired) electrons. The van der Waals surface area contributed by atoms with Gasteiger partial charge in [-0.2, -0.15) is 0 Å². The lowest BCUT2D eigenvalue weighted by molar-refractivity contribution is -0.157. The Labute approximate surface area is 152 Å². The molecule has 0 aliphatic carbocycles. The molecule has 2 aliphatic rings. The Morgan fingerprint density at radius 1 is 1.38 bits per heavy atom. The fourth-order valence-corrected chi connectivity index (χ4v) is 4.28. The van der Waals surface area contributed by atoms with E-state index in [1.54, 1.807) is 18.2 Å². The highest BCUT2D eigenvalue weighted by Gasteiger charge is 2.55. The summed E-state index contributed by atoms with van der Waals surface area (Å²) in [6.07, 6.45) is 0.362. The quantitative estimate of drug-likeness (QED) is 0.786. The molecule has 2 saturated heterocycles. The summed E-state index contributed by atoms with van der Waals surface area (Å²) in [5.41, 5.74) is -0.578. The second kappa shape index (κ2) is 6.88. The Balaban J connectivity index is 1.88. The van der Waals surface area contributed by atoms with Crippen molar-refractivity contribution in [3.63, 3.8) is 0 Å². The van der Waals surface area contributed by atoms with E-state index in [0.717, 1.165) is 0 Å². The molecule has 3 rings (SSSR count). The topological polar surface area (TPSA) is 113 Å². The SMILES string of the molecule is CCS(=O)(=O)Nc1ccccc1C(=O)N1C[C@H]2COCC[C@@]2(C(=O)O)C1. The van der Waals surface area contributed by atoms with Crippen molar-refractivity contribution < 1.29 is 27.9 Å². The van der Waals surface area contributed by atoms with E-state index in [1.807, 2.05) is 0 Å². The van der Waals surface area contributed by atoms with Gasteiger partial charge in [0.05, 0.1) is 29.0 Å². The molecule has 26 heavy (non-hydrogen) atoms. The van der Waals surface area contributed by atoms with E-state index in [-0.39, 0.29) is 41.9 Å². The van der Waals surface area contributed by atoms with Crippen molar-refractivity contribution >= 4 is 27.6 Å². The van der Waals surface area contributed by atoms with Crippen LogP contribution in [0.1, 0.15) is 23.7 Å². The molecule has 8 nitrogen and oxygen atoms in total. The summed E-state index contributed by atoms with van der Waals surface area (Å²) >= 11 is 0. The van der Waals surface area contributed by atoms with Crippen LogP contribution < -0.4 is 4.72 Å². The number of amides is 1. The second-order valence-electron chi connectivity index (χ2n) is 6.72. The number of sulfonamides is 1. The molecular formula is C17H22N2O6S. The van der Waals surface area contributed by atoms with Crippen LogP contribution in [0.5, 0.6) is 0 Å². The number of fused-ring (bicyclic) bond motifs is 1. The lowest BCUT2D eigenvalue weighted by atomic mass is 9.74. The van der Waals surface area contributed by atoms with Crippen molar-refractivity contribution in [2.75, 3.05) is 36.8 Å². The Morgan fingerprint density at radius 3 is 2.77 bits per heavy atom. The van der Waals surface area contributed by atoms with Gasteiger partial charge in [0.2, 0.25) is 10.0 Å². The van der Waals surface area contributed by atoms with Crippen molar-refractivity contribution in [1.29, 1.82) is 0 Å². The molecule has 2 heterocycles. The van der Waals surface area contributed by atoms with Gasteiger partial charge in [-0.25, -0.2) is 8.42 Å². The summed E-state index contributed by atoms with van der Waals surface area (Å²) in [4.78, 5) is 26.4. The summed E-state index contributed by atoms with van der Waals surface area (Å²) < 4.78 is 31.6. The van der Waals surface area contributed by atoms with Crippen molar-refractivity contribution in [2.45, 2.75) is 13.3 Å². The summed E-state index contributed by atoms with van der Waals surface area (Å²) in [5.74, 6) is -1.67. The number of hydrogen-bond donors (Lipinski definition) is 2. The predicted molar refractivity (Wildman–Crippen MR) is 94.4 cm³/mol. The average molecular weight is 382 g/mol. The summed E-state index contributed by atoms with van der Waals surface area (Å²) in [5, 5.41) is 9.72. The molecule has 0 aromatic heterocycles. The fraction of sp³-hybridized carbons (Fsp3) is 0.529. The highest BCUT2D eigenvalue weighted by atomic mass is 32.2. The number of nitrogens with one attached hydrogen (secondary N) is 1. The van der Waals surface area contributed by atoms with Crippen LogP contribution in [0.25, 0.3) is 0 Å². The van der Waals surface area contributed by atoms with Crippen molar-refractivity contribution in [1.82, 2.24) is 4.90 Å². The number of nitrogens with zero attached hydrogens (tertiary/aromatic N) is 1. The Morgan fingerprint density at radius 2 is 2.12 bits per heavy atom. The third kappa shape index (κ3) is 3.28. The van der Waals surface area contributed by atoms with Crippen LogP contribution in [0.2, 0.25) is 0 Å². The number of anilines is 1. The van der Waals surface area contributed by atoms with Crippen LogP contribution in [-0.2, 0) is 19.6 Å². The van der Waals surface area contributed by atoms with Gasteiger partial charge in [-0.1, -0.05) is 12.1 Å². The van der Waals surface area contributed by atoms with Crippen LogP contribution in [0.15, 0.2) is 24.3 Å². The van der Waals surface area contributed by atoms with Gasteiger partial charge in [-0.15, -0.1) is 0 Å². The van der Waals surface area contributed by atoms with E-state index in [9.17, 15) is 23.1 Å². The molecule has 1 aromatic rings. The fourth-order valence-electron chi connectivity index (χ4n) is 3.62. The normalized spacial score (nSPS) is 25.6. The molecule has 142 valence electrons. The maximum Gasteiger partial charge on any atom is 0.311 e. The van der Waals surface area contributed by atoms with Crippen LogP contribution in [0.4, 0.5) is 5.69 Å². The number of carbonyl (C=O) groups is 2. The summed E-state index contributed by atoms with van der Waals surface area (Å²) in [7, 11) is -3.53. The standard InChI is InChI=1S/C17H22N2O6S/c1-2-26(23,24)18-14-6-4-3-5-13(14)15(20)19-9-12-10-25-8-7-17(12,11-19)16(21)22/h3-6,12,18H,2,7-11H2,1H3,(H,21,22)/t12-,17+/m0/s1. The average Bonchev–Trinajstić information content (AvgIpc) is 3.02. The zero-order valence-electron chi connectivity index (χ0n) is 14.5. The molecule has 0 bridgehead atoms. The number of ether oxygens (including phenoxy) is 1. The van der Waals surface area contributed by atoms with Gasteiger partial charge in [-0.05, 0) is 25.5 Å². The van der Waals surface area contributed by atoms with Gasteiger partial charge in [0.25, 0.3) is 5.91 Å². The van der Waals surface area contributed by atoms with Gasteiger partial charge in [-0.3, -0.25) is 14.3 Å². The smallest absolute Gasteiger partial charge is 0.311 e. The van der Waals surface area contributed by atoms with Crippen LogP contribution in [0, 0.1) is 11.3 Å². The molecule has 2 atom stereocenters. The lowest BCUT2D eigenvalue weighted by Crippen LogP contribution is -2.45. The Kier molecular flexibility index (Phi) is 4.94.